The highest BCUT2D eigenvalue weighted by molar-refractivity contribution is 6.01. The van der Waals surface area contributed by atoms with Crippen LogP contribution in [0, 0.1) is 12.0 Å². The molecule has 7 N–H and O–H groups in total. The van der Waals surface area contributed by atoms with E-state index >= 15 is 0 Å². The smallest absolute Gasteiger partial charge is 0.312 e. The molecule has 2 aromatic heterocycles. The maximum Gasteiger partial charge on any atom is 0.312 e. The van der Waals surface area contributed by atoms with E-state index in [0.717, 1.165) is 4.57 Å². The van der Waals surface area contributed by atoms with Crippen LogP contribution < -0.4 is 16.4 Å². The van der Waals surface area contributed by atoms with E-state index in [2.05, 4.69) is 25.6 Å². The number of carbonyl (C=O) groups is 2. The summed E-state index contributed by atoms with van der Waals surface area (Å²) in [5, 5.41) is 34.3. The van der Waals surface area contributed by atoms with E-state index < -0.39 is 61.1 Å². The van der Waals surface area contributed by atoms with Crippen molar-refractivity contribution >= 4 is 28.8 Å². The molecule has 0 radical (unpaired) electrons. The Balaban J connectivity index is 1.83. The number of hydrogen-bond donors (Lipinski definition) is 6. The molecule has 2 aromatic rings. The van der Waals surface area contributed by atoms with Crippen molar-refractivity contribution in [3.8, 4) is 0 Å². The first kappa shape index (κ1) is 23.9. The number of fused-ring (bicyclic) bond motifs is 1. The predicted octanol–water partition coefficient (Wildman–Crippen LogP) is -2.00. The number of halogens is 1. The first-order valence-corrected chi connectivity index (χ1v) is 9.94. The molecule has 1 aliphatic heterocycles. The molecular weight excluding hydrogens is 429 g/mol. The summed E-state index contributed by atoms with van der Waals surface area (Å²) in [6.45, 7) is 4.40. The lowest BCUT2D eigenvalue weighted by molar-refractivity contribution is -0.127. The number of nitrogens with zero attached hydrogens (tertiary/aromatic N) is 4. The molecule has 13 nitrogen and oxygen atoms in total. The van der Waals surface area contributed by atoms with Gasteiger partial charge in [0.2, 0.25) is 11.8 Å². The number of aliphatic hydroxyl groups is 3. The summed E-state index contributed by atoms with van der Waals surface area (Å²) in [5.41, 5.74) is 5.62. The van der Waals surface area contributed by atoms with E-state index in [4.69, 9.17) is 10.5 Å². The first-order valence-electron chi connectivity index (χ1n) is 9.94. The molecular formula is C18H26FN7O6. The SMILES string of the molecule is CC(C)[C@H](N)C(=O)N[C@@H](C)C(=O)Nc1nc(F)nc2c1ncn2[C@@H]1O[C@H](CO)[C@@H](O)[C@@H]1O. The number of nitrogens with two attached hydrogens (primary N) is 1. The highest BCUT2D eigenvalue weighted by Crippen LogP contribution is 2.32. The van der Waals surface area contributed by atoms with E-state index in [0.29, 0.717) is 0 Å². The van der Waals surface area contributed by atoms with Crippen LogP contribution in [0.15, 0.2) is 6.33 Å². The molecule has 32 heavy (non-hydrogen) atoms. The number of nitrogens with one attached hydrogen (secondary N) is 2. The lowest BCUT2D eigenvalue weighted by Gasteiger charge is -2.19. The van der Waals surface area contributed by atoms with Gasteiger partial charge in [0.15, 0.2) is 23.2 Å². The van der Waals surface area contributed by atoms with Gasteiger partial charge in [0, 0.05) is 0 Å². The minimum atomic E-state index is -1.44. The fourth-order valence-electron chi connectivity index (χ4n) is 3.18. The second kappa shape index (κ2) is 9.38. The highest BCUT2D eigenvalue weighted by atomic mass is 19.1. The third-order valence-electron chi connectivity index (χ3n) is 5.20. The molecule has 0 saturated carbocycles. The average Bonchev–Trinajstić information content (AvgIpc) is 3.28. The largest absolute Gasteiger partial charge is 0.394 e. The Labute approximate surface area is 181 Å². The van der Waals surface area contributed by atoms with Crippen LogP contribution in [0.25, 0.3) is 11.2 Å². The van der Waals surface area contributed by atoms with Crippen LogP contribution in [0.1, 0.15) is 27.0 Å². The summed E-state index contributed by atoms with van der Waals surface area (Å²) in [5.74, 6) is -1.62. The predicted molar refractivity (Wildman–Crippen MR) is 107 cm³/mol. The Hall–Kier alpha value is -2.78. The zero-order chi connectivity index (χ0) is 23.7. The number of aliphatic hydroxyl groups excluding tert-OH is 3. The van der Waals surface area contributed by atoms with Gasteiger partial charge in [-0.05, 0) is 12.8 Å². The van der Waals surface area contributed by atoms with Gasteiger partial charge < -0.3 is 36.4 Å². The van der Waals surface area contributed by atoms with E-state index in [-0.39, 0.29) is 22.9 Å². The molecule has 0 bridgehead atoms. The minimum Gasteiger partial charge on any atom is -0.394 e. The van der Waals surface area contributed by atoms with Crippen LogP contribution in [-0.4, -0.2) is 83.7 Å². The molecule has 6 atom stereocenters. The van der Waals surface area contributed by atoms with Crippen LogP contribution in [0.2, 0.25) is 0 Å². The second-order valence-corrected chi connectivity index (χ2v) is 7.88. The van der Waals surface area contributed by atoms with Crippen LogP contribution in [0.3, 0.4) is 0 Å². The first-order chi connectivity index (χ1) is 15.0. The van der Waals surface area contributed by atoms with Crippen molar-refractivity contribution < 1.29 is 34.0 Å². The van der Waals surface area contributed by atoms with Crippen LogP contribution in [-0.2, 0) is 14.3 Å². The van der Waals surface area contributed by atoms with Gasteiger partial charge in [0.1, 0.15) is 24.4 Å². The molecule has 3 rings (SSSR count). The zero-order valence-electron chi connectivity index (χ0n) is 17.6. The topological polar surface area (TPSA) is 198 Å². The van der Waals surface area contributed by atoms with Gasteiger partial charge in [0.05, 0.1) is 19.0 Å². The fraction of sp³-hybridized carbons (Fsp3) is 0.611. The van der Waals surface area contributed by atoms with Gasteiger partial charge in [0.25, 0.3) is 0 Å². The number of ether oxygens (including phenoxy) is 1. The van der Waals surface area contributed by atoms with Gasteiger partial charge in [-0.1, -0.05) is 13.8 Å². The molecule has 1 fully saturated rings. The Bertz CT molecular complexity index is 1000. The molecule has 2 amide bonds. The van der Waals surface area contributed by atoms with E-state index in [1.807, 2.05) is 0 Å². The van der Waals surface area contributed by atoms with E-state index in [1.165, 1.54) is 13.3 Å². The maximum absolute atomic E-state index is 14.1. The van der Waals surface area contributed by atoms with Crippen molar-refractivity contribution in [2.75, 3.05) is 11.9 Å². The molecule has 3 heterocycles. The second-order valence-electron chi connectivity index (χ2n) is 7.88. The van der Waals surface area contributed by atoms with Crippen LogP contribution >= 0.6 is 0 Å². The van der Waals surface area contributed by atoms with Gasteiger partial charge >= 0.3 is 6.08 Å². The summed E-state index contributed by atoms with van der Waals surface area (Å²) in [7, 11) is 0. The number of carbonyl (C=O) groups excluding carboxylic acids is 2. The third-order valence-corrected chi connectivity index (χ3v) is 5.20. The van der Waals surface area contributed by atoms with E-state index in [9.17, 15) is 29.3 Å². The maximum atomic E-state index is 14.1. The highest BCUT2D eigenvalue weighted by Gasteiger charge is 2.44. The molecule has 0 unspecified atom stereocenters. The monoisotopic (exact) mass is 455 g/mol. The van der Waals surface area contributed by atoms with Crippen molar-refractivity contribution in [3.63, 3.8) is 0 Å². The fourth-order valence-corrected chi connectivity index (χ4v) is 3.18. The molecule has 0 aliphatic carbocycles. The average molecular weight is 455 g/mol. The number of anilines is 1. The Morgan fingerprint density at radius 2 is 1.94 bits per heavy atom. The van der Waals surface area contributed by atoms with Crippen molar-refractivity contribution in [1.29, 1.82) is 0 Å². The van der Waals surface area contributed by atoms with Crippen molar-refractivity contribution in [1.82, 2.24) is 24.8 Å². The molecule has 1 aliphatic rings. The Morgan fingerprint density at radius 1 is 1.25 bits per heavy atom. The molecule has 176 valence electrons. The van der Waals surface area contributed by atoms with Crippen LogP contribution in [0.4, 0.5) is 10.2 Å². The third kappa shape index (κ3) is 4.54. The van der Waals surface area contributed by atoms with Gasteiger partial charge in [-0.2, -0.15) is 14.4 Å². The van der Waals surface area contributed by atoms with E-state index in [1.54, 1.807) is 13.8 Å². The Morgan fingerprint density at radius 3 is 2.53 bits per heavy atom. The normalized spacial score (nSPS) is 25.2. The number of hydrogen-bond acceptors (Lipinski definition) is 10. The van der Waals surface area contributed by atoms with Gasteiger partial charge in [-0.25, -0.2) is 4.98 Å². The number of imidazole rings is 1. The minimum absolute atomic E-state index is 0.0186. The molecule has 0 aromatic carbocycles. The lowest BCUT2D eigenvalue weighted by Crippen LogP contribution is -2.50. The van der Waals surface area contributed by atoms with Crippen molar-refractivity contribution in [2.45, 2.75) is 57.4 Å². The summed E-state index contributed by atoms with van der Waals surface area (Å²) >= 11 is 0. The standard InChI is InChI=1S/C18H26FN7O6/c1-6(2)9(20)16(31)22-7(3)15(30)23-13-10-14(25-18(19)24-13)26(5-21-10)17-12(29)11(28)8(4-27)32-17/h5-9,11-12,17,27-29H,4,20H2,1-3H3,(H,22,31)(H,23,24,25,30)/t7-,8+,9-,11+,12-,17+/m0/s1. The molecule has 0 spiro atoms. The summed E-state index contributed by atoms with van der Waals surface area (Å²) in [4.78, 5) is 35.9. The van der Waals surface area contributed by atoms with Crippen LogP contribution in [0.5, 0.6) is 0 Å². The molecule has 1 saturated heterocycles. The zero-order valence-corrected chi connectivity index (χ0v) is 17.6. The van der Waals surface area contributed by atoms with Gasteiger partial charge in [-0.3, -0.25) is 14.2 Å². The number of amides is 2. The number of rotatable bonds is 7. The Kier molecular flexibility index (Phi) is 7.00. The van der Waals surface area contributed by atoms with Crippen molar-refractivity contribution in [2.24, 2.45) is 11.7 Å². The number of aromatic nitrogens is 4. The molecule has 14 heteroatoms. The summed E-state index contributed by atoms with van der Waals surface area (Å²) in [6, 6.07) is -1.82. The van der Waals surface area contributed by atoms with Crippen molar-refractivity contribution in [3.05, 3.63) is 12.4 Å². The van der Waals surface area contributed by atoms with Gasteiger partial charge in [-0.15, -0.1) is 0 Å². The quantitative estimate of drug-likeness (QED) is 0.254. The summed E-state index contributed by atoms with van der Waals surface area (Å²) in [6.07, 6.45) is -5.11. The lowest BCUT2D eigenvalue weighted by atomic mass is 10.0. The summed E-state index contributed by atoms with van der Waals surface area (Å²) < 4.78 is 20.7.